The summed E-state index contributed by atoms with van der Waals surface area (Å²) in [6, 6.07) is 2.46. The minimum atomic E-state index is -2.59. The van der Waals surface area contributed by atoms with Gasteiger partial charge in [-0.25, -0.2) is 13.6 Å². The lowest BCUT2D eigenvalue weighted by molar-refractivity contribution is 0.0695. The Kier molecular flexibility index (Phi) is 5.14. The number of rotatable bonds is 5. The Bertz CT molecular complexity index is 447. The van der Waals surface area contributed by atoms with Gasteiger partial charge in [-0.2, -0.15) is 0 Å². The lowest BCUT2D eigenvalue weighted by atomic mass is 10.1. The Morgan fingerprint density at radius 1 is 1.44 bits per heavy atom. The highest BCUT2D eigenvalue weighted by Crippen LogP contribution is 2.37. The Hall–Kier alpha value is -1.10. The first-order valence-corrected chi connectivity index (χ1v) is 6.58. The molecule has 18 heavy (non-hydrogen) atoms. The second-order valence-electron chi connectivity index (χ2n) is 4.10. The number of hydrogen-bond acceptors (Lipinski definition) is 2. The van der Waals surface area contributed by atoms with Gasteiger partial charge in [0.15, 0.2) is 0 Å². The normalized spacial score (nSPS) is 12.8. The highest BCUT2D eigenvalue weighted by Gasteiger charge is 2.21. The summed E-state index contributed by atoms with van der Waals surface area (Å²) in [7, 11) is 0. The van der Waals surface area contributed by atoms with E-state index in [1.165, 1.54) is 23.9 Å². The van der Waals surface area contributed by atoms with Crippen LogP contribution in [0.25, 0.3) is 0 Å². The molecule has 1 aromatic carbocycles. The summed E-state index contributed by atoms with van der Waals surface area (Å²) in [6.45, 7) is 5.49. The molecule has 1 atom stereocenters. The highest BCUT2D eigenvalue weighted by molar-refractivity contribution is 8.00. The average molecular weight is 274 g/mol. The lowest BCUT2D eigenvalue weighted by Crippen LogP contribution is -2.05. The molecule has 2 nitrogen and oxygen atoms in total. The van der Waals surface area contributed by atoms with E-state index in [1.807, 2.05) is 13.8 Å². The van der Waals surface area contributed by atoms with Crippen LogP contribution in [-0.4, -0.2) is 16.3 Å². The summed E-state index contributed by atoms with van der Waals surface area (Å²) in [5.74, 6) is -1.08. The molecular weight excluding hydrogens is 258 g/mol. The van der Waals surface area contributed by atoms with E-state index >= 15 is 0 Å². The molecule has 0 saturated carbocycles. The Morgan fingerprint density at radius 2 is 2.06 bits per heavy atom. The number of alkyl halides is 2. The molecule has 0 radical (unpaired) electrons. The first-order chi connectivity index (χ1) is 8.38. The van der Waals surface area contributed by atoms with E-state index in [9.17, 15) is 13.6 Å². The van der Waals surface area contributed by atoms with Gasteiger partial charge >= 0.3 is 5.97 Å². The van der Waals surface area contributed by atoms with Crippen molar-refractivity contribution in [2.45, 2.75) is 43.8 Å². The van der Waals surface area contributed by atoms with Crippen molar-refractivity contribution in [1.82, 2.24) is 0 Å². The molecule has 5 heteroatoms. The third-order valence-corrected chi connectivity index (χ3v) is 4.31. The summed E-state index contributed by atoms with van der Waals surface area (Å²) in [5.41, 5.74) is 0.429. The fourth-order valence-corrected chi connectivity index (χ4v) is 2.71. The largest absolute Gasteiger partial charge is 0.478 e. The van der Waals surface area contributed by atoms with Crippen LogP contribution in [0.4, 0.5) is 8.78 Å². The molecule has 0 saturated heterocycles. The maximum absolute atomic E-state index is 12.9. The predicted molar refractivity (Wildman–Crippen MR) is 68.7 cm³/mol. The van der Waals surface area contributed by atoms with Crippen LogP contribution in [0.3, 0.4) is 0 Å². The Morgan fingerprint density at radius 3 is 2.50 bits per heavy atom. The van der Waals surface area contributed by atoms with Crippen molar-refractivity contribution in [1.29, 1.82) is 0 Å². The zero-order chi connectivity index (χ0) is 13.9. The molecule has 0 aliphatic heterocycles. The van der Waals surface area contributed by atoms with Gasteiger partial charge in [0.25, 0.3) is 6.43 Å². The van der Waals surface area contributed by atoms with Crippen molar-refractivity contribution in [3.05, 3.63) is 28.8 Å². The number of carbonyl (C=O) groups is 1. The van der Waals surface area contributed by atoms with E-state index in [0.29, 0.717) is 10.5 Å². The molecule has 1 N–H and O–H groups in total. The number of hydrogen-bond donors (Lipinski definition) is 1. The molecule has 0 heterocycles. The first kappa shape index (κ1) is 15.0. The van der Waals surface area contributed by atoms with E-state index in [4.69, 9.17) is 5.11 Å². The molecular formula is C13H16F2O2S. The van der Waals surface area contributed by atoms with Gasteiger partial charge in [-0.05, 0) is 25.0 Å². The van der Waals surface area contributed by atoms with Crippen LogP contribution >= 0.6 is 11.8 Å². The van der Waals surface area contributed by atoms with Crippen LogP contribution in [0.5, 0.6) is 0 Å². The topological polar surface area (TPSA) is 37.3 Å². The maximum atomic E-state index is 12.9. The van der Waals surface area contributed by atoms with Gasteiger partial charge in [-0.1, -0.05) is 19.9 Å². The SMILES string of the molecule is CC[C@@H](C)Sc1c(C(F)F)ccc(C(=O)O)c1C. The summed E-state index contributed by atoms with van der Waals surface area (Å²) in [5, 5.41) is 9.19. The van der Waals surface area contributed by atoms with E-state index in [0.717, 1.165) is 6.42 Å². The van der Waals surface area contributed by atoms with E-state index in [-0.39, 0.29) is 16.4 Å². The molecule has 0 aromatic heterocycles. The molecule has 0 fully saturated rings. The fraction of sp³-hybridized carbons (Fsp3) is 0.462. The van der Waals surface area contributed by atoms with Crippen LogP contribution in [0, 0.1) is 6.92 Å². The van der Waals surface area contributed by atoms with Crippen molar-refractivity contribution in [2.24, 2.45) is 0 Å². The molecule has 0 amide bonds. The second kappa shape index (κ2) is 6.18. The minimum Gasteiger partial charge on any atom is -0.478 e. The minimum absolute atomic E-state index is 0.0807. The number of halogens is 2. The lowest BCUT2D eigenvalue weighted by Gasteiger charge is -2.16. The Labute approximate surface area is 109 Å². The molecule has 0 bridgehead atoms. The van der Waals surface area contributed by atoms with Crippen LogP contribution in [0.1, 0.15) is 48.2 Å². The Balaban J connectivity index is 3.31. The average Bonchev–Trinajstić information content (AvgIpc) is 2.30. The monoisotopic (exact) mass is 274 g/mol. The maximum Gasteiger partial charge on any atom is 0.335 e. The molecule has 100 valence electrons. The third-order valence-electron chi connectivity index (χ3n) is 2.80. The smallest absolute Gasteiger partial charge is 0.335 e. The van der Waals surface area contributed by atoms with Crippen LogP contribution in [-0.2, 0) is 0 Å². The fourth-order valence-electron chi connectivity index (χ4n) is 1.56. The van der Waals surface area contributed by atoms with Crippen molar-refractivity contribution in [2.75, 3.05) is 0 Å². The van der Waals surface area contributed by atoms with Crippen molar-refractivity contribution in [3.63, 3.8) is 0 Å². The first-order valence-electron chi connectivity index (χ1n) is 5.70. The number of aromatic carboxylic acids is 1. The second-order valence-corrected chi connectivity index (χ2v) is 5.55. The van der Waals surface area contributed by atoms with E-state index in [2.05, 4.69) is 0 Å². The zero-order valence-electron chi connectivity index (χ0n) is 10.5. The third kappa shape index (κ3) is 3.22. The predicted octanol–water partition coefficient (Wildman–Crippen LogP) is 4.52. The molecule has 0 unspecified atom stereocenters. The summed E-state index contributed by atoms with van der Waals surface area (Å²) in [4.78, 5) is 11.4. The molecule has 1 rings (SSSR count). The van der Waals surface area contributed by atoms with Crippen LogP contribution in [0.15, 0.2) is 17.0 Å². The van der Waals surface area contributed by atoms with Gasteiger partial charge in [0, 0.05) is 15.7 Å². The molecule has 0 aliphatic rings. The van der Waals surface area contributed by atoms with Crippen molar-refractivity contribution >= 4 is 17.7 Å². The van der Waals surface area contributed by atoms with Gasteiger partial charge < -0.3 is 5.11 Å². The van der Waals surface area contributed by atoms with E-state index < -0.39 is 12.4 Å². The van der Waals surface area contributed by atoms with Crippen molar-refractivity contribution in [3.8, 4) is 0 Å². The van der Waals surface area contributed by atoms with Gasteiger partial charge in [-0.3, -0.25) is 0 Å². The zero-order valence-corrected chi connectivity index (χ0v) is 11.4. The van der Waals surface area contributed by atoms with Crippen LogP contribution in [0.2, 0.25) is 0 Å². The summed E-state index contributed by atoms with van der Waals surface area (Å²) >= 11 is 1.31. The number of carboxylic acid groups (broad SMARTS) is 1. The van der Waals surface area contributed by atoms with Crippen LogP contribution < -0.4 is 0 Å². The van der Waals surface area contributed by atoms with Crippen molar-refractivity contribution < 1.29 is 18.7 Å². The quantitative estimate of drug-likeness (QED) is 0.802. The van der Waals surface area contributed by atoms with Gasteiger partial charge in [0.2, 0.25) is 0 Å². The highest BCUT2D eigenvalue weighted by atomic mass is 32.2. The number of thioether (sulfide) groups is 1. The number of benzene rings is 1. The van der Waals surface area contributed by atoms with Gasteiger partial charge in [0.1, 0.15) is 0 Å². The summed E-state index contributed by atoms with van der Waals surface area (Å²) < 4.78 is 25.9. The molecule has 1 aromatic rings. The van der Waals surface area contributed by atoms with Gasteiger partial charge in [0.05, 0.1) is 5.56 Å². The summed E-state index contributed by atoms with van der Waals surface area (Å²) in [6.07, 6.45) is -1.75. The molecule has 0 spiro atoms. The molecule has 0 aliphatic carbocycles. The van der Waals surface area contributed by atoms with E-state index in [1.54, 1.807) is 6.92 Å². The van der Waals surface area contributed by atoms with Gasteiger partial charge in [-0.15, -0.1) is 11.8 Å². The number of carboxylic acids is 1. The standard InChI is InChI=1S/C13H16F2O2S/c1-4-7(2)18-11-8(3)9(13(16)17)5-6-10(11)12(14)15/h5-7,12H,4H2,1-3H3,(H,16,17)/t7-/m1/s1.